The van der Waals surface area contributed by atoms with Gasteiger partial charge < -0.3 is 16.2 Å². The molecule has 0 saturated heterocycles. The van der Waals surface area contributed by atoms with E-state index in [1.807, 2.05) is 0 Å². The Kier molecular flexibility index (Phi) is 4.53. The number of nitrogens with two attached hydrogens (primary N) is 1. The second-order valence-corrected chi connectivity index (χ2v) is 3.64. The first kappa shape index (κ1) is 13.0. The summed E-state index contributed by atoms with van der Waals surface area (Å²) in [6.45, 7) is 2.03. The Hall–Kier alpha value is -2.02. The quantitative estimate of drug-likeness (QED) is 0.616. The smallest absolute Gasteiger partial charge is 0.339 e. The average molecular weight is 238 g/mol. The largest absolute Gasteiger partial charge is 0.478 e. The number of primary amides is 1. The molecule has 1 atom stereocenters. The van der Waals surface area contributed by atoms with Crippen LogP contribution in [0.25, 0.3) is 0 Å². The van der Waals surface area contributed by atoms with Crippen molar-refractivity contribution in [2.75, 3.05) is 0 Å². The second kappa shape index (κ2) is 5.90. The van der Waals surface area contributed by atoms with Crippen molar-refractivity contribution in [2.24, 2.45) is 5.73 Å². The number of nitrogens with zero attached hydrogens (tertiary/aromatic N) is 2. The Morgan fingerprint density at radius 2 is 2.29 bits per heavy atom. The van der Waals surface area contributed by atoms with Gasteiger partial charge in [0.25, 0.3) is 0 Å². The maximum Gasteiger partial charge on any atom is 0.339 e. The van der Waals surface area contributed by atoms with Crippen LogP contribution in [0.5, 0.6) is 0 Å². The summed E-state index contributed by atoms with van der Waals surface area (Å²) in [6, 6.07) is -0.135. The van der Waals surface area contributed by atoms with Crippen LogP contribution in [0.2, 0.25) is 0 Å². The van der Waals surface area contributed by atoms with Gasteiger partial charge in [0.2, 0.25) is 5.91 Å². The van der Waals surface area contributed by atoms with Crippen molar-refractivity contribution in [3.8, 4) is 0 Å². The van der Waals surface area contributed by atoms with Gasteiger partial charge in [-0.05, 0) is 6.92 Å². The minimum absolute atomic E-state index is 0.0475. The Labute approximate surface area is 98.1 Å². The van der Waals surface area contributed by atoms with Gasteiger partial charge in [0.1, 0.15) is 11.9 Å². The van der Waals surface area contributed by atoms with Crippen molar-refractivity contribution >= 4 is 11.9 Å². The van der Waals surface area contributed by atoms with Gasteiger partial charge in [-0.15, -0.1) is 0 Å². The van der Waals surface area contributed by atoms with Crippen LogP contribution in [0.15, 0.2) is 12.5 Å². The molecule has 0 radical (unpaired) electrons. The molecule has 0 aliphatic rings. The van der Waals surface area contributed by atoms with E-state index in [9.17, 15) is 9.59 Å². The molecule has 92 valence electrons. The number of aromatic nitrogens is 2. The molecule has 17 heavy (non-hydrogen) atoms. The lowest BCUT2D eigenvalue weighted by molar-refractivity contribution is -0.118. The molecule has 0 saturated carbocycles. The summed E-state index contributed by atoms with van der Waals surface area (Å²) < 4.78 is 0. The first-order valence-corrected chi connectivity index (χ1v) is 5.04. The van der Waals surface area contributed by atoms with E-state index >= 15 is 0 Å². The number of rotatable bonds is 6. The van der Waals surface area contributed by atoms with Crippen LogP contribution in [0, 0.1) is 0 Å². The van der Waals surface area contributed by atoms with E-state index in [1.165, 1.54) is 12.5 Å². The maximum absolute atomic E-state index is 10.9. The first-order chi connectivity index (χ1) is 8.00. The van der Waals surface area contributed by atoms with Gasteiger partial charge in [0.15, 0.2) is 0 Å². The van der Waals surface area contributed by atoms with E-state index < -0.39 is 11.9 Å². The molecule has 0 aliphatic heterocycles. The molecule has 0 aliphatic carbocycles. The van der Waals surface area contributed by atoms with Crippen molar-refractivity contribution < 1.29 is 14.7 Å². The van der Waals surface area contributed by atoms with Gasteiger partial charge in [-0.3, -0.25) is 4.79 Å². The molecule has 0 fully saturated rings. The monoisotopic (exact) mass is 238 g/mol. The van der Waals surface area contributed by atoms with Crippen molar-refractivity contribution in [2.45, 2.75) is 25.9 Å². The molecule has 1 aromatic rings. The molecular formula is C10H14N4O3. The van der Waals surface area contributed by atoms with Gasteiger partial charge in [-0.2, -0.15) is 0 Å². The number of nitrogens with one attached hydrogen (secondary N) is 1. The van der Waals surface area contributed by atoms with Gasteiger partial charge in [0, 0.05) is 25.2 Å². The maximum atomic E-state index is 10.9. The third-order valence-corrected chi connectivity index (χ3v) is 2.15. The molecule has 4 N–H and O–H groups in total. The average Bonchev–Trinajstić information content (AvgIpc) is 2.25. The lowest BCUT2D eigenvalue weighted by atomic mass is 10.2. The highest BCUT2D eigenvalue weighted by Gasteiger charge is 2.12. The molecule has 0 bridgehead atoms. The SMILES string of the molecule is CC(CC(N)=O)NCc1ncncc1C(=O)O. The predicted molar refractivity (Wildman–Crippen MR) is 59.1 cm³/mol. The molecule has 1 heterocycles. The molecular weight excluding hydrogens is 224 g/mol. The molecule has 1 amide bonds. The van der Waals surface area contributed by atoms with E-state index in [2.05, 4.69) is 15.3 Å². The Bertz CT molecular complexity index is 422. The Balaban J connectivity index is 2.63. The van der Waals surface area contributed by atoms with E-state index in [-0.39, 0.29) is 24.6 Å². The zero-order valence-electron chi connectivity index (χ0n) is 9.38. The van der Waals surface area contributed by atoms with Crippen molar-refractivity contribution in [3.63, 3.8) is 0 Å². The molecule has 0 aromatic carbocycles. The van der Waals surface area contributed by atoms with E-state index in [4.69, 9.17) is 10.8 Å². The summed E-state index contributed by atoms with van der Waals surface area (Å²) >= 11 is 0. The number of carbonyl (C=O) groups excluding carboxylic acids is 1. The fourth-order valence-electron chi connectivity index (χ4n) is 1.32. The fraction of sp³-hybridized carbons (Fsp3) is 0.400. The highest BCUT2D eigenvalue weighted by atomic mass is 16.4. The van der Waals surface area contributed by atoms with Gasteiger partial charge in [-0.25, -0.2) is 14.8 Å². The molecule has 7 nitrogen and oxygen atoms in total. The van der Waals surface area contributed by atoms with E-state index in [0.717, 1.165) is 0 Å². The molecule has 0 spiro atoms. The number of hydrogen-bond acceptors (Lipinski definition) is 5. The minimum Gasteiger partial charge on any atom is -0.478 e. The number of aromatic carboxylic acids is 1. The van der Waals surface area contributed by atoms with Gasteiger partial charge in [0.05, 0.1) is 5.69 Å². The molecule has 1 rings (SSSR count). The number of hydrogen-bond donors (Lipinski definition) is 3. The number of carboxylic acids is 1. The van der Waals surface area contributed by atoms with Crippen LogP contribution >= 0.6 is 0 Å². The van der Waals surface area contributed by atoms with Crippen LogP contribution in [-0.2, 0) is 11.3 Å². The third kappa shape index (κ3) is 4.15. The van der Waals surface area contributed by atoms with Crippen LogP contribution in [0.3, 0.4) is 0 Å². The summed E-state index contributed by atoms with van der Waals surface area (Å²) in [7, 11) is 0. The lowest BCUT2D eigenvalue weighted by Crippen LogP contribution is -2.31. The first-order valence-electron chi connectivity index (χ1n) is 5.04. The van der Waals surface area contributed by atoms with Crippen LogP contribution in [0.1, 0.15) is 29.4 Å². The predicted octanol–water partition coefficient (Wildman–Crippen LogP) is -0.472. The zero-order chi connectivity index (χ0) is 12.8. The van der Waals surface area contributed by atoms with Crippen LogP contribution < -0.4 is 11.1 Å². The normalized spacial score (nSPS) is 12.1. The van der Waals surface area contributed by atoms with Gasteiger partial charge in [-0.1, -0.05) is 0 Å². The Morgan fingerprint density at radius 1 is 1.59 bits per heavy atom. The summed E-state index contributed by atoms with van der Waals surface area (Å²) in [6.07, 6.45) is 2.71. The van der Waals surface area contributed by atoms with Crippen LogP contribution in [-0.4, -0.2) is 33.0 Å². The number of carboxylic acid groups (broad SMARTS) is 1. The molecule has 7 heteroatoms. The van der Waals surface area contributed by atoms with Gasteiger partial charge >= 0.3 is 5.97 Å². The van der Waals surface area contributed by atoms with Crippen molar-refractivity contribution in [1.82, 2.24) is 15.3 Å². The minimum atomic E-state index is -1.08. The second-order valence-electron chi connectivity index (χ2n) is 3.64. The standard InChI is InChI=1S/C10H14N4O3/c1-6(2-9(11)15)13-4-8-7(10(16)17)3-12-5-14-8/h3,5-6,13H,2,4H2,1H3,(H2,11,15)(H,16,17). The highest BCUT2D eigenvalue weighted by molar-refractivity contribution is 5.88. The summed E-state index contributed by atoms with van der Waals surface area (Å²) in [5, 5.41) is 11.9. The van der Waals surface area contributed by atoms with Crippen molar-refractivity contribution in [3.05, 3.63) is 23.8 Å². The highest BCUT2D eigenvalue weighted by Crippen LogP contribution is 2.04. The zero-order valence-corrected chi connectivity index (χ0v) is 9.38. The van der Waals surface area contributed by atoms with Crippen LogP contribution in [0.4, 0.5) is 0 Å². The molecule has 1 aromatic heterocycles. The summed E-state index contributed by atoms with van der Waals surface area (Å²) in [5.41, 5.74) is 5.47. The molecule has 1 unspecified atom stereocenters. The summed E-state index contributed by atoms with van der Waals surface area (Å²) in [5.74, 6) is -1.49. The fourth-order valence-corrected chi connectivity index (χ4v) is 1.32. The number of carbonyl (C=O) groups is 2. The lowest BCUT2D eigenvalue weighted by Gasteiger charge is -2.12. The third-order valence-electron chi connectivity index (χ3n) is 2.15. The summed E-state index contributed by atoms with van der Waals surface area (Å²) in [4.78, 5) is 29.0. The van der Waals surface area contributed by atoms with E-state index in [0.29, 0.717) is 5.69 Å². The van der Waals surface area contributed by atoms with E-state index in [1.54, 1.807) is 6.92 Å². The topological polar surface area (TPSA) is 118 Å². The van der Waals surface area contributed by atoms with Crippen molar-refractivity contribution in [1.29, 1.82) is 0 Å². The number of amides is 1. The Morgan fingerprint density at radius 3 is 2.88 bits per heavy atom.